The Morgan fingerprint density at radius 2 is 1.63 bits per heavy atom. The number of carbonyl (C=O) groups is 3. The van der Waals surface area contributed by atoms with Crippen molar-refractivity contribution in [2.75, 3.05) is 13.7 Å². The number of aliphatic carboxylic acids is 1. The number of ether oxygens (including phenoxy) is 1. The smallest absolute Gasteiger partial charge is 0.315 e. The predicted molar refractivity (Wildman–Crippen MR) is 101 cm³/mol. The standard InChI is InChI=1S/C21H23NO5/c1-21(20(25)26,16-6-4-3-5-7-16)14-22-19(24)13-12-18(23)15-8-10-17(27-2)11-9-15/h3-11H,12-14H2,1-2H3,(H,22,24)(H,25,26). The minimum absolute atomic E-state index is 0.00461. The Kier molecular flexibility index (Phi) is 6.71. The molecule has 0 saturated heterocycles. The maximum absolute atomic E-state index is 12.2. The van der Waals surface area contributed by atoms with E-state index < -0.39 is 11.4 Å². The molecule has 2 aromatic carbocycles. The molecule has 27 heavy (non-hydrogen) atoms. The van der Waals surface area contributed by atoms with E-state index in [0.717, 1.165) is 0 Å². The van der Waals surface area contributed by atoms with Gasteiger partial charge in [0.25, 0.3) is 0 Å². The van der Waals surface area contributed by atoms with Crippen molar-refractivity contribution in [2.24, 2.45) is 0 Å². The van der Waals surface area contributed by atoms with Gasteiger partial charge in [-0.05, 0) is 36.8 Å². The van der Waals surface area contributed by atoms with Gasteiger partial charge in [0.2, 0.25) is 5.91 Å². The van der Waals surface area contributed by atoms with Gasteiger partial charge in [-0.2, -0.15) is 0 Å². The van der Waals surface area contributed by atoms with Gasteiger partial charge in [-0.25, -0.2) is 0 Å². The third-order valence-electron chi connectivity index (χ3n) is 4.51. The topological polar surface area (TPSA) is 92.7 Å². The highest BCUT2D eigenvalue weighted by Crippen LogP contribution is 2.23. The Morgan fingerprint density at radius 3 is 2.19 bits per heavy atom. The molecule has 1 unspecified atom stereocenters. The lowest BCUT2D eigenvalue weighted by Gasteiger charge is -2.25. The number of nitrogens with one attached hydrogen (secondary N) is 1. The molecule has 0 fully saturated rings. The summed E-state index contributed by atoms with van der Waals surface area (Å²) in [7, 11) is 1.54. The van der Waals surface area contributed by atoms with Gasteiger partial charge in [-0.3, -0.25) is 14.4 Å². The maximum Gasteiger partial charge on any atom is 0.315 e. The summed E-state index contributed by atoms with van der Waals surface area (Å²) in [4.78, 5) is 36.0. The molecule has 6 nitrogen and oxygen atoms in total. The van der Waals surface area contributed by atoms with E-state index in [0.29, 0.717) is 16.9 Å². The number of rotatable bonds is 9. The molecule has 2 N–H and O–H groups in total. The van der Waals surface area contributed by atoms with Gasteiger partial charge in [0, 0.05) is 24.9 Å². The van der Waals surface area contributed by atoms with E-state index in [-0.39, 0.29) is 31.1 Å². The number of hydrogen-bond donors (Lipinski definition) is 2. The third kappa shape index (κ3) is 5.17. The van der Waals surface area contributed by atoms with Crippen LogP contribution in [0.2, 0.25) is 0 Å². The molecular formula is C21H23NO5. The number of methoxy groups -OCH3 is 1. The Balaban J connectivity index is 1.90. The zero-order valence-electron chi connectivity index (χ0n) is 15.4. The number of carbonyl (C=O) groups excluding carboxylic acids is 2. The first-order valence-electron chi connectivity index (χ1n) is 8.59. The first-order chi connectivity index (χ1) is 12.9. The van der Waals surface area contributed by atoms with Crippen LogP contribution in [-0.2, 0) is 15.0 Å². The number of carboxylic acid groups (broad SMARTS) is 1. The van der Waals surface area contributed by atoms with E-state index in [1.165, 1.54) is 0 Å². The lowest BCUT2D eigenvalue weighted by Crippen LogP contribution is -2.44. The second-order valence-corrected chi connectivity index (χ2v) is 6.43. The summed E-state index contributed by atoms with van der Waals surface area (Å²) < 4.78 is 5.04. The van der Waals surface area contributed by atoms with Crippen LogP contribution < -0.4 is 10.1 Å². The first-order valence-corrected chi connectivity index (χ1v) is 8.59. The van der Waals surface area contributed by atoms with Crippen molar-refractivity contribution >= 4 is 17.7 Å². The van der Waals surface area contributed by atoms with E-state index in [2.05, 4.69) is 5.32 Å². The molecule has 0 saturated carbocycles. The van der Waals surface area contributed by atoms with Gasteiger partial charge in [-0.1, -0.05) is 30.3 Å². The highest BCUT2D eigenvalue weighted by Gasteiger charge is 2.35. The largest absolute Gasteiger partial charge is 0.497 e. The summed E-state index contributed by atoms with van der Waals surface area (Å²) in [5, 5.41) is 12.2. The first kappa shape index (κ1) is 20.2. The van der Waals surface area contributed by atoms with Crippen molar-refractivity contribution in [3.63, 3.8) is 0 Å². The van der Waals surface area contributed by atoms with E-state index >= 15 is 0 Å². The molecule has 1 atom stereocenters. The average molecular weight is 369 g/mol. The molecule has 0 bridgehead atoms. The number of benzene rings is 2. The Bertz CT molecular complexity index is 801. The van der Waals surface area contributed by atoms with E-state index in [4.69, 9.17) is 4.74 Å². The van der Waals surface area contributed by atoms with Gasteiger partial charge in [-0.15, -0.1) is 0 Å². The third-order valence-corrected chi connectivity index (χ3v) is 4.51. The zero-order chi connectivity index (χ0) is 19.9. The molecule has 0 aliphatic heterocycles. The van der Waals surface area contributed by atoms with Crippen molar-refractivity contribution in [2.45, 2.75) is 25.2 Å². The highest BCUT2D eigenvalue weighted by molar-refractivity contribution is 5.98. The summed E-state index contributed by atoms with van der Waals surface area (Å²) in [6, 6.07) is 15.4. The molecule has 0 spiro atoms. The van der Waals surface area contributed by atoms with Crippen LogP contribution in [0.4, 0.5) is 0 Å². The van der Waals surface area contributed by atoms with Crippen LogP contribution in [-0.4, -0.2) is 36.4 Å². The molecule has 1 amide bonds. The fraction of sp³-hybridized carbons (Fsp3) is 0.286. The summed E-state index contributed by atoms with van der Waals surface area (Å²) in [5.74, 6) is -0.890. The van der Waals surface area contributed by atoms with Crippen molar-refractivity contribution in [1.29, 1.82) is 0 Å². The van der Waals surface area contributed by atoms with Crippen LogP contribution in [0.3, 0.4) is 0 Å². The Morgan fingerprint density at radius 1 is 1.00 bits per heavy atom. The van der Waals surface area contributed by atoms with E-state index in [1.807, 2.05) is 0 Å². The van der Waals surface area contributed by atoms with Crippen molar-refractivity contribution in [3.05, 3.63) is 65.7 Å². The fourth-order valence-electron chi connectivity index (χ4n) is 2.62. The number of ketones is 1. The predicted octanol–water partition coefficient (Wildman–Crippen LogP) is 2.82. The van der Waals surface area contributed by atoms with Gasteiger partial charge in [0.1, 0.15) is 11.2 Å². The average Bonchev–Trinajstić information content (AvgIpc) is 2.70. The van der Waals surface area contributed by atoms with Crippen LogP contribution in [0, 0.1) is 0 Å². The van der Waals surface area contributed by atoms with Gasteiger partial charge in [0.05, 0.1) is 7.11 Å². The van der Waals surface area contributed by atoms with Gasteiger partial charge < -0.3 is 15.2 Å². The SMILES string of the molecule is COc1ccc(C(=O)CCC(=O)NCC(C)(C(=O)O)c2ccccc2)cc1. The number of carboxylic acids is 1. The summed E-state index contributed by atoms with van der Waals surface area (Å²) in [5.41, 5.74) is -0.132. The Labute approximate surface area is 158 Å². The molecule has 6 heteroatoms. The van der Waals surface area contributed by atoms with E-state index in [9.17, 15) is 19.5 Å². The molecule has 0 heterocycles. The lowest BCUT2D eigenvalue weighted by molar-refractivity contribution is -0.143. The quantitative estimate of drug-likeness (QED) is 0.663. The highest BCUT2D eigenvalue weighted by atomic mass is 16.5. The summed E-state index contributed by atoms with van der Waals surface area (Å²) in [6.45, 7) is 1.51. The lowest BCUT2D eigenvalue weighted by atomic mass is 9.82. The molecule has 2 aromatic rings. The molecule has 142 valence electrons. The number of hydrogen-bond acceptors (Lipinski definition) is 4. The second kappa shape index (κ2) is 8.98. The number of amides is 1. The zero-order valence-corrected chi connectivity index (χ0v) is 15.4. The summed E-state index contributed by atoms with van der Waals surface area (Å²) >= 11 is 0. The van der Waals surface area contributed by atoms with Crippen molar-refractivity contribution in [1.82, 2.24) is 5.32 Å². The van der Waals surface area contributed by atoms with Crippen LogP contribution >= 0.6 is 0 Å². The molecular weight excluding hydrogens is 346 g/mol. The molecule has 2 rings (SSSR count). The molecule has 0 aliphatic carbocycles. The van der Waals surface area contributed by atoms with Crippen LogP contribution in [0.25, 0.3) is 0 Å². The van der Waals surface area contributed by atoms with Gasteiger partial charge in [0.15, 0.2) is 5.78 Å². The van der Waals surface area contributed by atoms with Crippen molar-refractivity contribution < 1.29 is 24.2 Å². The maximum atomic E-state index is 12.2. The van der Waals surface area contributed by atoms with Crippen LogP contribution in [0.15, 0.2) is 54.6 Å². The van der Waals surface area contributed by atoms with Gasteiger partial charge >= 0.3 is 5.97 Å². The normalized spacial score (nSPS) is 12.7. The van der Waals surface area contributed by atoms with Crippen LogP contribution in [0.5, 0.6) is 5.75 Å². The molecule has 0 aromatic heterocycles. The fourth-order valence-corrected chi connectivity index (χ4v) is 2.62. The Hall–Kier alpha value is -3.15. The van der Waals surface area contributed by atoms with Crippen molar-refractivity contribution in [3.8, 4) is 5.75 Å². The minimum atomic E-state index is -1.24. The minimum Gasteiger partial charge on any atom is -0.497 e. The molecule has 0 radical (unpaired) electrons. The van der Waals surface area contributed by atoms with Crippen LogP contribution in [0.1, 0.15) is 35.7 Å². The molecule has 0 aliphatic rings. The van der Waals surface area contributed by atoms with E-state index in [1.54, 1.807) is 68.6 Å². The monoisotopic (exact) mass is 369 g/mol. The second-order valence-electron chi connectivity index (χ2n) is 6.43. The number of Topliss-reactive ketones (excluding diaryl/α,β-unsaturated/α-hetero) is 1. The summed E-state index contributed by atoms with van der Waals surface area (Å²) in [6.07, 6.45) is 0.0443.